The average molecular weight is 389 g/mol. The SMILES string of the molecule is CSCOCCCCO[Si](c1ccccc1)(c1ccccc1)C(C)(C)C. The second-order valence-electron chi connectivity index (χ2n) is 7.53. The zero-order valence-corrected chi connectivity index (χ0v) is 18.4. The van der Waals surface area contributed by atoms with Crippen molar-refractivity contribution in [1.82, 2.24) is 0 Å². The van der Waals surface area contributed by atoms with Gasteiger partial charge in [0.2, 0.25) is 0 Å². The number of benzene rings is 2. The molecular weight excluding hydrogens is 356 g/mol. The summed E-state index contributed by atoms with van der Waals surface area (Å²) in [5, 5.41) is 2.74. The molecule has 4 heteroatoms. The minimum absolute atomic E-state index is 0.0467. The molecule has 2 rings (SSSR count). The maximum absolute atomic E-state index is 6.85. The summed E-state index contributed by atoms with van der Waals surface area (Å²) < 4.78 is 12.4. The number of hydrogen-bond donors (Lipinski definition) is 0. The zero-order valence-electron chi connectivity index (χ0n) is 16.5. The molecular formula is C22H32O2SSi. The van der Waals surface area contributed by atoms with Gasteiger partial charge in [-0.3, -0.25) is 0 Å². The molecule has 0 aliphatic carbocycles. The van der Waals surface area contributed by atoms with Gasteiger partial charge in [0.05, 0.1) is 5.94 Å². The van der Waals surface area contributed by atoms with Crippen molar-refractivity contribution in [3.63, 3.8) is 0 Å². The number of thioether (sulfide) groups is 1. The van der Waals surface area contributed by atoms with E-state index in [0.717, 1.165) is 32.0 Å². The first-order valence-electron chi connectivity index (χ1n) is 9.34. The van der Waals surface area contributed by atoms with E-state index < -0.39 is 8.32 Å². The van der Waals surface area contributed by atoms with Crippen molar-refractivity contribution in [3.05, 3.63) is 60.7 Å². The Morgan fingerprint density at radius 2 is 1.31 bits per heavy atom. The van der Waals surface area contributed by atoms with Crippen molar-refractivity contribution < 1.29 is 9.16 Å². The smallest absolute Gasteiger partial charge is 0.261 e. The predicted octanol–water partition coefficient (Wildman–Crippen LogP) is 4.68. The minimum atomic E-state index is -2.37. The first-order chi connectivity index (χ1) is 12.5. The van der Waals surface area contributed by atoms with Crippen LogP contribution in [-0.4, -0.2) is 33.7 Å². The Kier molecular flexibility index (Phi) is 8.42. The lowest BCUT2D eigenvalue weighted by molar-refractivity contribution is 0.169. The number of ether oxygens (including phenoxy) is 1. The normalized spacial score (nSPS) is 12.3. The third-order valence-corrected chi connectivity index (χ3v) is 10.1. The van der Waals surface area contributed by atoms with Crippen LogP contribution in [-0.2, 0) is 9.16 Å². The summed E-state index contributed by atoms with van der Waals surface area (Å²) in [4.78, 5) is 0. The third-order valence-electron chi connectivity index (χ3n) is 4.62. The van der Waals surface area contributed by atoms with Crippen molar-refractivity contribution in [1.29, 1.82) is 0 Å². The molecule has 0 saturated carbocycles. The quantitative estimate of drug-likeness (QED) is 0.334. The zero-order chi connectivity index (χ0) is 18.9. The molecule has 0 spiro atoms. The van der Waals surface area contributed by atoms with Gasteiger partial charge >= 0.3 is 0 Å². The summed E-state index contributed by atoms with van der Waals surface area (Å²) >= 11 is 1.72. The predicted molar refractivity (Wildman–Crippen MR) is 117 cm³/mol. The van der Waals surface area contributed by atoms with Crippen LogP contribution in [0.5, 0.6) is 0 Å². The molecule has 2 aromatic carbocycles. The fourth-order valence-corrected chi connectivity index (χ4v) is 8.33. The van der Waals surface area contributed by atoms with Crippen molar-refractivity contribution in [2.24, 2.45) is 0 Å². The van der Waals surface area contributed by atoms with Crippen LogP contribution < -0.4 is 10.4 Å². The second-order valence-corrected chi connectivity index (χ2v) is 12.7. The molecule has 0 aromatic heterocycles. The minimum Gasteiger partial charge on any atom is -0.407 e. The van der Waals surface area contributed by atoms with Crippen LogP contribution in [0.3, 0.4) is 0 Å². The lowest BCUT2D eigenvalue weighted by atomic mass is 10.2. The van der Waals surface area contributed by atoms with E-state index >= 15 is 0 Å². The van der Waals surface area contributed by atoms with Crippen molar-refractivity contribution >= 4 is 30.5 Å². The summed E-state index contributed by atoms with van der Waals surface area (Å²) in [5.74, 6) is 0.773. The molecule has 0 unspecified atom stereocenters. The standard InChI is InChI=1S/C22H32O2SSi/c1-22(2,3)26(20-13-7-5-8-14-20,21-15-9-6-10-16-21)24-18-12-11-17-23-19-25-4/h5-10,13-16H,11-12,17-19H2,1-4H3. The molecule has 0 bridgehead atoms. The fourth-order valence-electron chi connectivity index (χ4n) is 3.44. The third kappa shape index (κ3) is 5.23. The summed E-state index contributed by atoms with van der Waals surface area (Å²) in [6, 6.07) is 21.7. The number of unbranched alkanes of at least 4 members (excludes halogenated alkanes) is 1. The molecule has 0 saturated heterocycles. The average Bonchev–Trinajstić information content (AvgIpc) is 2.64. The molecule has 0 N–H and O–H groups in total. The van der Waals surface area contributed by atoms with E-state index in [1.165, 1.54) is 10.4 Å². The lowest BCUT2D eigenvalue weighted by Gasteiger charge is -2.43. The monoisotopic (exact) mass is 388 g/mol. The Hall–Kier alpha value is -1.07. The summed E-state index contributed by atoms with van der Waals surface area (Å²) in [6.45, 7) is 8.54. The van der Waals surface area contributed by atoms with Gasteiger partial charge in [0.25, 0.3) is 8.32 Å². The van der Waals surface area contributed by atoms with Crippen LogP contribution in [0.25, 0.3) is 0 Å². The summed E-state index contributed by atoms with van der Waals surface area (Å²) in [7, 11) is -2.37. The lowest BCUT2D eigenvalue weighted by Crippen LogP contribution is -2.66. The van der Waals surface area contributed by atoms with E-state index in [2.05, 4.69) is 87.7 Å². The molecule has 142 valence electrons. The van der Waals surface area contributed by atoms with Gasteiger partial charge in [-0.05, 0) is 34.5 Å². The first-order valence-corrected chi connectivity index (χ1v) is 12.6. The van der Waals surface area contributed by atoms with Crippen LogP contribution in [0.4, 0.5) is 0 Å². The molecule has 0 fully saturated rings. The molecule has 26 heavy (non-hydrogen) atoms. The van der Waals surface area contributed by atoms with Gasteiger partial charge in [0, 0.05) is 13.2 Å². The Morgan fingerprint density at radius 1 is 0.808 bits per heavy atom. The Morgan fingerprint density at radius 3 is 1.77 bits per heavy atom. The van der Waals surface area contributed by atoms with Gasteiger partial charge in [-0.25, -0.2) is 0 Å². The topological polar surface area (TPSA) is 18.5 Å². The second kappa shape index (κ2) is 10.3. The largest absolute Gasteiger partial charge is 0.407 e. The van der Waals surface area contributed by atoms with E-state index in [1.807, 2.05) is 0 Å². The molecule has 0 heterocycles. The van der Waals surface area contributed by atoms with Gasteiger partial charge < -0.3 is 9.16 Å². The Labute approximate surface area is 164 Å². The van der Waals surface area contributed by atoms with Gasteiger partial charge in [-0.2, -0.15) is 0 Å². The van der Waals surface area contributed by atoms with Gasteiger partial charge in [0.15, 0.2) is 0 Å². The molecule has 0 aliphatic rings. The fraction of sp³-hybridized carbons (Fsp3) is 0.455. The van der Waals surface area contributed by atoms with Crippen LogP contribution >= 0.6 is 11.8 Å². The highest BCUT2D eigenvalue weighted by Gasteiger charge is 2.49. The van der Waals surface area contributed by atoms with Crippen LogP contribution in [0.2, 0.25) is 5.04 Å². The van der Waals surface area contributed by atoms with Crippen LogP contribution in [0.1, 0.15) is 33.6 Å². The molecule has 0 radical (unpaired) electrons. The highest BCUT2D eigenvalue weighted by molar-refractivity contribution is 7.98. The molecule has 0 amide bonds. The van der Waals surface area contributed by atoms with E-state index in [9.17, 15) is 0 Å². The van der Waals surface area contributed by atoms with E-state index in [0.29, 0.717) is 0 Å². The molecule has 0 aliphatic heterocycles. The maximum Gasteiger partial charge on any atom is 0.261 e. The number of rotatable bonds is 10. The van der Waals surface area contributed by atoms with Crippen LogP contribution in [0.15, 0.2) is 60.7 Å². The highest BCUT2D eigenvalue weighted by Crippen LogP contribution is 2.36. The van der Waals surface area contributed by atoms with Crippen LogP contribution in [0, 0.1) is 0 Å². The van der Waals surface area contributed by atoms with Gasteiger partial charge in [-0.15, -0.1) is 11.8 Å². The Balaban J connectivity index is 2.24. The van der Waals surface area contributed by atoms with Gasteiger partial charge in [0.1, 0.15) is 0 Å². The Bertz CT molecular complexity index is 586. The van der Waals surface area contributed by atoms with Gasteiger partial charge in [-0.1, -0.05) is 81.4 Å². The maximum atomic E-state index is 6.85. The van der Waals surface area contributed by atoms with Crippen molar-refractivity contribution in [2.75, 3.05) is 25.4 Å². The molecule has 0 atom stereocenters. The summed E-state index contributed by atoms with van der Waals surface area (Å²) in [6.07, 6.45) is 4.13. The molecule has 2 nitrogen and oxygen atoms in total. The van der Waals surface area contributed by atoms with Crippen molar-refractivity contribution in [3.8, 4) is 0 Å². The van der Waals surface area contributed by atoms with E-state index in [4.69, 9.17) is 9.16 Å². The molecule has 2 aromatic rings. The van der Waals surface area contributed by atoms with E-state index in [-0.39, 0.29) is 5.04 Å². The first kappa shape index (κ1) is 21.2. The van der Waals surface area contributed by atoms with E-state index in [1.54, 1.807) is 11.8 Å². The highest BCUT2D eigenvalue weighted by atomic mass is 32.2. The number of hydrogen-bond acceptors (Lipinski definition) is 3. The van der Waals surface area contributed by atoms with Crippen molar-refractivity contribution in [2.45, 2.75) is 38.7 Å². The summed E-state index contributed by atoms with van der Waals surface area (Å²) in [5.41, 5.74) is 0.